The van der Waals surface area contributed by atoms with Crippen LogP contribution >= 0.6 is 0 Å². The molecule has 0 radical (unpaired) electrons. The molecule has 122 valence electrons. The molecule has 2 saturated heterocycles. The van der Waals surface area contributed by atoms with Crippen LogP contribution in [0.1, 0.15) is 0 Å². The van der Waals surface area contributed by atoms with Crippen molar-refractivity contribution < 1.29 is 9.47 Å². The molecule has 0 amide bonds. The highest BCUT2D eigenvalue weighted by Gasteiger charge is 2.22. The fourth-order valence-corrected chi connectivity index (χ4v) is 3.29. The van der Waals surface area contributed by atoms with Crippen molar-refractivity contribution in [3.8, 4) is 0 Å². The summed E-state index contributed by atoms with van der Waals surface area (Å²) in [4.78, 5) is 13.3. The lowest BCUT2D eigenvalue weighted by Gasteiger charge is -2.38. The molecule has 0 spiro atoms. The smallest absolute Gasteiger partial charge is 0.116 e. The van der Waals surface area contributed by atoms with Gasteiger partial charge in [-0.25, -0.2) is 9.97 Å². The van der Waals surface area contributed by atoms with Gasteiger partial charge in [-0.2, -0.15) is 0 Å². The van der Waals surface area contributed by atoms with Crippen LogP contribution in [0.4, 0.5) is 5.69 Å². The molecule has 0 aliphatic carbocycles. The number of anilines is 1. The number of rotatable bonds is 3. The maximum atomic E-state index is 5.75. The van der Waals surface area contributed by atoms with E-state index in [1.54, 1.807) is 6.33 Å². The van der Waals surface area contributed by atoms with Gasteiger partial charge in [0.25, 0.3) is 0 Å². The van der Waals surface area contributed by atoms with Crippen molar-refractivity contribution in [1.29, 1.82) is 0 Å². The molecule has 6 heteroatoms. The number of aromatic nitrogens is 2. The van der Waals surface area contributed by atoms with Crippen molar-refractivity contribution in [1.82, 2.24) is 14.9 Å². The number of piperazine rings is 1. The molecule has 1 atom stereocenters. The molecule has 3 heterocycles. The second-order valence-corrected chi connectivity index (χ2v) is 6.12. The quantitative estimate of drug-likeness (QED) is 0.848. The lowest BCUT2D eigenvalue weighted by atomic mass is 10.2. The Labute approximate surface area is 136 Å². The summed E-state index contributed by atoms with van der Waals surface area (Å²) in [6.45, 7) is 7.34. The van der Waals surface area contributed by atoms with Gasteiger partial charge in [0.2, 0.25) is 0 Å². The molecule has 2 fully saturated rings. The van der Waals surface area contributed by atoms with Crippen LogP contribution in [0.15, 0.2) is 30.7 Å². The molecule has 1 unspecified atom stereocenters. The summed E-state index contributed by atoms with van der Waals surface area (Å²) in [6.07, 6.45) is 3.70. The lowest BCUT2D eigenvalue weighted by molar-refractivity contribution is -0.0977. The van der Waals surface area contributed by atoms with Gasteiger partial charge in [0.05, 0.1) is 31.4 Å². The topological polar surface area (TPSA) is 50.7 Å². The Morgan fingerprint density at radius 3 is 2.87 bits per heavy atom. The first-order valence-corrected chi connectivity index (χ1v) is 8.25. The summed E-state index contributed by atoms with van der Waals surface area (Å²) in [7, 11) is 0. The summed E-state index contributed by atoms with van der Waals surface area (Å²) in [6, 6.07) is 6.41. The van der Waals surface area contributed by atoms with E-state index in [1.165, 1.54) is 5.69 Å². The Hall–Kier alpha value is -1.76. The zero-order valence-electron chi connectivity index (χ0n) is 13.2. The molecule has 2 aliphatic heterocycles. The minimum atomic E-state index is 0.230. The van der Waals surface area contributed by atoms with E-state index in [9.17, 15) is 0 Å². The lowest BCUT2D eigenvalue weighted by Crippen LogP contribution is -2.50. The third-order valence-electron chi connectivity index (χ3n) is 4.57. The summed E-state index contributed by atoms with van der Waals surface area (Å²) >= 11 is 0. The van der Waals surface area contributed by atoms with Crippen molar-refractivity contribution >= 4 is 16.6 Å². The van der Waals surface area contributed by atoms with Crippen LogP contribution in [-0.2, 0) is 9.47 Å². The largest absolute Gasteiger partial charge is 0.376 e. The van der Waals surface area contributed by atoms with Crippen LogP contribution in [0.3, 0.4) is 0 Å². The second kappa shape index (κ2) is 6.78. The molecule has 1 aromatic carbocycles. The summed E-state index contributed by atoms with van der Waals surface area (Å²) < 4.78 is 11.2. The van der Waals surface area contributed by atoms with Crippen molar-refractivity contribution in [3.63, 3.8) is 0 Å². The van der Waals surface area contributed by atoms with Gasteiger partial charge >= 0.3 is 0 Å². The Bertz CT molecular complexity index is 652. The van der Waals surface area contributed by atoms with Gasteiger partial charge < -0.3 is 14.4 Å². The van der Waals surface area contributed by atoms with Crippen LogP contribution in [-0.4, -0.2) is 73.5 Å². The number of hydrogen-bond donors (Lipinski definition) is 0. The third kappa shape index (κ3) is 3.44. The Morgan fingerprint density at radius 1 is 1.13 bits per heavy atom. The van der Waals surface area contributed by atoms with E-state index in [1.807, 2.05) is 6.20 Å². The zero-order chi connectivity index (χ0) is 15.5. The number of ether oxygens (including phenoxy) is 2. The normalized spacial score (nSPS) is 23.3. The first-order chi connectivity index (χ1) is 11.4. The van der Waals surface area contributed by atoms with Gasteiger partial charge in [0.15, 0.2) is 0 Å². The first kappa shape index (κ1) is 14.8. The molecule has 0 saturated carbocycles. The standard InChI is InChI=1S/C17H22N4O2/c1-2-17-14(10-18-13-19-17)9-15(1)21-5-3-20(4-6-21)11-16-12-22-7-8-23-16/h1-2,9-10,13,16H,3-8,11-12H2. The molecule has 6 nitrogen and oxygen atoms in total. The highest BCUT2D eigenvalue weighted by molar-refractivity contribution is 5.81. The van der Waals surface area contributed by atoms with E-state index >= 15 is 0 Å². The fraction of sp³-hybridized carbons (Fsp3) is 0.529. The van der Waals surface area contributed by atoms with Crippen LogP contribution in [0.5, 0.6) is 0 Å². The predicted octanol–water partition coefficient (Wildman–Crippen LogP) is 1.17. The van der Waals surface area contributed by atoms with Crippen molar-refractivity contribution in [3.05, 3.63) is 30.7 Å². The average molecular weight is 314 g/mol. The number of fused-ring (bicyclic) bond motifs is 1. The molecule has 23 heavy (non-hydrogen) atoms. The number of nitrogens with zero attached hydrogens (tertiary/aromatic N) is 4. The number of hydrogen-bond acceptors (Lipinski definition) is 6. The first-order valence-electron chi connectivity index (χ1n) is 8.25. The van der Waals surface area contributed by atoms with Gasteiger partial charge in [-0.1, -0.05) is 0 Å². The van der Waals surface area contributed by atoms with Gasteiger partial charge in [0.1, 0.15) is 6.33 Å². The van der Waals surface area contributed by atoms with E-state index in [0.29, 0.717) is 0 Å². The van der Waals surface area contributed by atoms with E-state index in [2.05, 4.69) is 38.0 Å². The van der Waals surface area contributed by atoms with Gasteiger partial charge in [-0.3, -0.25) is 4.90 Å². The summed E-state index contributed by atoms with van der Waals surface area (Å²) in [5.41, 5.74) is 2.25. The highest BCUT2D eigenvalue weighted by atomic mass is 16.6. The van der Waals surface area contributed by atoms with Gasteiger partial charge in [0, 0.05) is 50.0 Å². The van der Waals surface area contributed by atoms with E-state index < -0.39 is 0 Å². The highest BCUT2D eigenvalue weighted by Crippen LogP contribution is 2.21. The minimum absolute atomic E-state index is 0.230. The third-order valence-corrected chi connectivity index (χ3v) is 4.57. The Morgan fingerprint density at radius 2 is 2.04 bits per heavy atom. The van der Waals surface area contributed by atoms with E-state index in [4.69, 9.17) is 9.47 Å². The molecule has 0 N–H and O–H groups in total. The van der Waals surface area contributed by atoms with E-state index in [0.717, 1.165) is 63.4 Å². The zero-order valence-corrected chi connectivity index (χ0v) is 13.2. The Balaban J connectivity index is 1.36. The molecule has 4 rings (SSSR count). The van der Waals surface area contributed by atoms with Crippen LogP contribution in [0.2, 0.25) is 0 Å². The maximum Gasteiger partial charge on any atom is 0.116 e. The molecule has 0 bridgehead atoms. The second-order valence-electron chi connectivity index (χ2n) is 6.12. The molecular formula is C17H22N4O2. The van der Waals surface area contributed by atoms with Crippen molar-refractivity contribution in [2.75, 3.05) is 57.4 Å². The van der Waals surface area contributed by atoms with Gasteiger partial charge in [-0.15, -0.1) is 0 Å². The molecule has 2 aromatic rings. The van der Waals surface area contributed by atoms with Crippen LogP contribution < -0.4 is 4.90 Å². The van der Waals surface area contributed by atoms with Crippen LogP contribution in [0.25, 0.3) is 10.9 Å². The summed E-state index contributed by atoms with van der Waals surface area (Å²) in [5, 5.41) is 1.10. The fourth-order valence-electron chi connectivity index (χ4n) is 3.29. The molecule has 1 aromatic heterocycles. The number of benzene rings is 1. The molecular weight excluding hydrogens is 292 g/mol. The summed E-state index contributed by atoms with van der Waals surface area (Å²) in [5.74, 6) is 0. The average Bonchev–Trinajstić information content (AvgIpc) is 2.63. The Kier molecular flexibility index (Phi) is 4.37. The maximum absolute atomic E-state index is 5.75. The van der Waals surface area contributed by atoms with Crippen LogP contribution in [0, 0.1) is 0 Å². The van der Waals surface area contributed by atoms with Crippen molar-refractivity contribution in [2.24, 2.45) is 0 Å². The van der Waals surface area contributed by atoms with E-state index in [-0.39, 0.29) is 6.10 Å². The van der Waals surface area contributed by atoms with Crippen molar-refractivity contribution in [2.45, 2.75) is 6.10 Å². The molecule has 2 aliphatic rings. The SMILES string of the molecule is c1ncc2cc(N3CCN(CC4COCCO4)CC3)ccc2n1. The minimum Gasteiger partial charge on any atom is -0.376 e. The van der Waals surface area contributed by atoms with Gasteiger partial charge in [-0.05, 0) is 18.2 Å². The monoisotopic (exact) mass is 314 g/mol. The predicted molar refractivity (Wildman–Crippen MR) is 88.8 cm³/mol.